The topological polar surface area (TPSA) is 29.1 Å². The van der Waals surface area contributed by atoms with Crippen LogP contribution in [0.3, 0.4) is 0 Å². The molecule has 1 heterocycles. The van der Waals surface area contributed by atoms with Crippen molar-refractivity contribution in [2.75, 3.05) is 13.7 Å². The van der Waals surface area contributed by atoms with Crippen LogP contribution in [-0.2, 0) is 0 Å². The van der Waals surface area contributed by atoms with Crippen LogP contribution in [0.25, 0.3) is 10.1 Å². The van der Waals surface area contributed by atoms with Gasteiger partial charge in [-0.25, -0.2) is 0 Å². The molecule has 0 amide bonds. The molecule has 1 N–H and O–H groups in total. The molecule has 0 aliphatic carbocycles. The van der Waals surface area contributed by atoms with Gasteiger partial charge in [-0.15, -0.1) is 11.3 Å². The minimum Gasteiger partial charge on any atom is -0.310 e. The van der Waals surface area contributed by atoms with Crippen molar-refractivity contribution in [3.8, 4) is 0 Å². The minimum absolute atomic E-state index is 0.0433. The molecular formula is C13H14FNOS. The van der Waals surface area contributed by atoms with E-state index >= 15 is 0 Å². The molecule has 0 saturated carbocycles. The van der Waals surface area contributed by atoms with E-state index in [4.69, 9.17) is 0 Å². The van der Waals surface area contributed by atoms with Crippen LogP contribution in [0.15, 0.2) is 29.6 Å². The molecule has 0 saturated heterocycles. The Morgan fingerprint density at radius 1 is 1.47 bits per heavy atom. The highest BCUT2D eigenvalue weighted by molar-refractivity contribution is 7.17. The SMILES string of the molecule is CNC(CCF)C(=O)c1ccc2sccc2c1. The van der Waals surface area contributed by atoms with E-state index in [1.165, 1.54) is 0 Å². The molecule has 1 aromatic heterocycles. The zero-order valence-corrected chi connectivity index (χ0v) is 10.4. The summed E-state index contributed by atoms with van der Waals surface area (Å²) >= 11 is 1.65. The summed E-state index contributed by atoms with van der Waals surface area (Å²) in [5.74, 6) is -0.0433. The summed E-state index contributed by atoms with van der Waals surface area (Å²) in [6.45, 7) is -0.488. The number of hydrogen-bond donors (Lipinski definition) is 1. The molecule has 90 valence electrons. The van der Waals surface area contributed by atoms with Crippen molar-refractivity contribution in [1.82, 2.24) is 5.32 Å². The van der Waals surface area contributed by atoms with E-state index in [-0.39, 0.29) is 12.2 Å². The second-order valence-electron chi connectivity index (χ2n) is 3.86. The van der Waals surface area contributed by atoms with Crippen LogP contribution in [-0.4, -0.2) is 25.5 Å². The van der Waals surface area contributed by atoms with Gasteiger partial charge in [0.1, 0.15) is 0 Å². The van der Waals surface area contributed by atoms with E-state index in [1.54, 1.807) is 18.4 Å². The van der Waals surface area contributed by atoms with Crippen LogP contribution in [0.4, 0.5) is 4.39 Å². The number of carbonyl (C=O) groups is 1. The predicted octanol–water partition coefficient (Wildman–Crippen LogP) is 3.03. The van der Waals surface area contributed by atoms with Crippen molar-refractivity contribution in [3.63, 3.8) is 0 Å². The lowest BCUT2D eigenvalue weighted by Crippen LogP contribution is -2.34. The van der Waals surface area contributed by atoms with Gasteiger partial charge in [0.05, 0.1) is 12.7 Å². The smallest absolute Gasteiger partial charge is 0.179 e. The van der Waals surface area contributed by atoms with Gasteiger partial charge in [-0.2, -0.15) is 0 Å². The highest BCUT2D eigenvalue weighted by atomic mass is 32.1. The number of likely N-dealkylation sites (N-methyl/N-ethyl adjacent to an activating group) is 1. The maximum Gasteiger partial charge on any atom is 0.179 e. The van der Waals surface area contributed by atoms with Gasteiger partial charge < -0.3 is 5.32 Å². The first-order chi connectivity index (χ1) is 8.26. The summed E-state index contributed by atoms with van der Waals surface area (Å²) in [5.41, 5.74) is 0.642. The fourth-order valence-electron chi connectivity index (χ4n) is 1.84. The summed E-state index contributed by atoms with van der Waals surface area (Å²) in [5, 5.41) is 5.92. The Morgan fingerprint density at radius 3 is 3.00 bits per heavy atom. The average Bonchev–Trinajstić information content (AvgIpc) is 2.82. The lowest BCUT2D eigenvalue weighted by atomic mass is 10.0. The molecule has 0 radical (unpaired) electrons. The lowest BCUT2D eigenvalue weighted by Gasteiger charge is -2.13. The number of fused-ring (bicyclic) bond motifs is 1. The third kappa shape index (κ3) is 2.53. The number of benzene rings is 1. The van der Waals surface area contributed by atoms with Gasteiger partial charge in [0.2, 0.25) is 0 Å². The average molecular weight is 251 g/mol. The van der Waals surface area contributed by atoms with Gasteiger partial charge in [0.15, 0.2) is 5.78 Å². The quantitative estimate of drug-likeness (QED) is 0.828. The normalized spacial score (nSPS) is 12.8. The first-order valence-electron chi connectivity index (χ1n) is 5.51. The Hall–Kier alpha value is -1.26. The third-order valence-electron chi connectivity index (χ3n) is 2.80. The maximum absolute atomic E-state index is 12.3. The van der Waals surface area contributed by atoms with Crippen LogP contribution >= 0.6 is 11.3 Å². The van der Waals surface area contributed by atoms with Gasteiger partial charge in [-0.3, -0.25) is 9.18 Å². The molecule has 0 bridgehead atoms. The zero-order chi connectivity index (χ0) is 12.3. The fraction of sp³-hybridized carbons (Fsp3) is 0.308. The molecule has 1 atom stereocenters. The van der Waals surface area contributed by atoms with Crippen molar-refractivity contribution < 1.29 is 9.18 Å². The Balaban J connectivity index is 2.28. The minimum atomic E-state index is -0.488. The van der Waals surface area contributed by atoms with E-state index in [9.17, 15) is 9.18 Å². The molecule has 2 aromatic rings. The third-order valence-corrected chi connectivity index (χ3v) is 3.70. The second kappa shape index (κ2) is 5.38. The summed E-state index contributed by atoms with van der Waals surface area (Å²) in [4.78, 5) is 12.1. The monoisotopic (exact) mass is 251 g/mol. The van der Waals surface area contributed by atoms with Crippen LogP contribution in [0.2, 0.25) is 0 Å². The van der Waals surface area contributed by atoms with Crippen molar-refractivity contribution in [1.29, 1.82) is 0 Å². The first-order valence-corrected chi connectivity index (χ1v) is 6.39. The molecule has 4 heteroatoms. The van der Waals surface area contributed by atoms with Gasteiger partial charge >= 0.3 is 0 Å². The Bertz CT molecular complexity index is 523. The molecule has 1 unspecified atom stereocenters. The number of halogens is 1. The van der Waals surface area contributed by atoms with Crippen molar-refractivity contribution in [2.24, 2.45) is 0 Å². The number of nitrogens with one attached hydrogen (secondary N) is 1. The predicted molar refractivity (Wildman–Crippen MR) is 69.6 cm³/mol. The summed E-state index contributed by atoms with van der Waals surface area (Å²) in [6.07, 6.45) is 0.219. The highest BCUT2D eigenvalue weighted by Gasteiger charge is 2.18. The second-order valence-corrected chi connectivity index (χ2v) is 4.80. The van der Waals surface area contributed by atoms with Crippen LogP contribution in [0, 0.1) is 0 Å². The molecular weight excluding hydrogens is 237 g/mol. The molecule has 2 rings (SSSR count). The molecule has 0 aliphatic heterocycles. The van der Waals surface area contributed by atoms with Gasteiger partial charge in [-0.1, -0.05) is 0 Å². The largest absolute Gasteiger partial charge is 0.310 e. The highest BCUT2D eigenvalue weighted by Crippen LogP contribution is 2.22. The zero-order valence-electron chi connectivity index (χ0n) is 9.57. The van der Waals surface area contributed by atoms with Crippen molar-refractivity contribution in [3.05, 3.63) is 35.2 Å². The van der Waals surface area contributed by atoms with Gasteiger partial charge in [0.25, 0.3) is 0 Å². The first kappa shape index (κ1) is 12.2. The van der Waals surface area contributed by atoms with E-state index in [2.05, 4.69) is 5.32 Å². The lowest BCUT2D eigenvalue weighted by molar-refractivity contribution is 0.0938. The Labute approximate surface area is 103 Å². The fourth-order valence-corrected chi connectivity index (χ4v) is 2.61. The van der Waals surface area contributed by atoms with Crippen molar-refractivity contribution in [2.45, 2.75) is 12.5 Å². The number of alkyl halides is 1. The Morgan fingerprint density at radius 2 is 2.29 bits per heavy atom. The molecule has 17 heavy (non-hydrogen) atoms. The summed E-state index contributed by atoms with van der Waals surface area (Å²) in [7, 11) is 1.68. The maximum atomic E-state index is 12.3. The molecule has 0 aliphatic rings. The number of carbonyl (C=O) groups excluding carboxylic acids is 1. The number of rotatable bonds is 5. The van der Waals surface area contributed by atoms with E-state index in [0.717, 1.165) is 10.1 Å². The molecule has 1 aromatic carbocycles. The number of hydrogen-bond acceptors (Lipinski definition) is 3. The van der Waals surface area contributed by atoms with Crippen LogP contribution < -0.4 is 5.32 Å². The summed E-state index contributed by atoms with van der Waals surface area (Å²) < 4.78 is 13.5. The van der Waals surface area contributed by atoms with Crippen LogP contribution in [0.1, 0.15) is 16.8 Å². The van der Waals surface area contributed by atoms with E-state index in [0.29, 0.717) is 5.56 Å². The standard InChI is InChI=1S/C13H14FNOS/c1-15-11(4-6-14)13(16)10-2-3-12-9(8-10)5-7-17-12/h2-3,5,7-8,11,15H,4,6H2,1H3. The van der Waals surface area contributed by atoms with Gasteiger partial charge in [-0.05, 0) is 48.5 Å². The molecule has 0 fully saturated rings. The van der Waals surface area contributed by atoms with E-state index < -0.39 is 12.7 Å². The van der Waals surface area contributed by atoms with E-state index in [1.807, 2.05) is 29.6 Å². The molecule has 0 spiro atoms. The number of thiophene rings is 1. The molecule has 2 nitrogen and oxygen atoms in total. The van der Waals surface area contributed by atoms with Crippen LogP contribution in [0.5, 0.6) is 0 Å². The van der Waals surface area contributed by atoms with Gasteiger partial charge in [0, 0.05) is 10.3 Å². The summed E-state index contributed by atoms with van der Waals surface area (Å²) in [6, 6.07) is 7.17. The number of Topliss-reactive ketones (excluding diaryl/α,β-unsaturated/α-hetero) is 1. The Kier molecular flexibility index (Phi) is 3.86. The van der Waals surface area contributed by atoms with Crippen molar-refractivity contribution >= 4 is 27.2 Å². The number of ketones is 1.